The molecule has 2 aromatic rings. The summed E-state index contributed by atoms with van der Waals surface area (Å²) < 4.78 is 5.38. The molecule has 0 bridgehead atoms. The van der Waals surface area contributed by atoms with Crippen molar-refractivity contribution in [3.63, 3.8) is 0 Å². The number of aromatic nitrogens is 2. The number of rotatable bonds is 3. The van der Waals surface area contributed by atoms with Gasteiger partial charge in [0.1, 0.15) is 0 Å². The molecule has 0 amide bonds. The highest BCUT2D eigenvalue weighted by Crippen LogP contribution is 2.31. The molecule has 94 valence electrons. The van der Waals surface area contributed by atoms with Crippen molar-refractivity contribution in [2.45, 2.75) is 32.6 Å². The number of fused-ring (bicyclic) bond motifs is 1. The van der Waals surface area contributed by atoms with Gasteiger partial charge in [-0.05, 0) is 37.0 Å². The monoisotopic (exact) mass is 243 g/mol. The summed E-state index contributed by atoms with van der Waals surface area (Å²) in [5.74, 6) is 1.45. The second-order valence-corrected chi connectivity index (χ2v) is 4.63. The standard InChI is InChI=1S/C14H17N3O/c1-2-5-13-16-14(18-17-13)11-6-3-8-12-10(11)7-4-9-15-12/h3,6,8,15H,2,4-5,7,9H2,1H3. The number of anilines is 1. The Morgan fingerprint density at radius 2 is 2.33 bits per heavy atom. The highest BCUT2D eigenvalue weighted by Gasteiger charge is 2.17. The summed E-state index contributed by atoms with van der Waals surface area (Å²) in [7, 11) is 0. The molecule has 0 unspecified atom stereocenters. The van der Waals surface area contributed by atoms with Crippen LogP contribution in [0.3, 0.4) is 0 Å². The number of nitrogens with zero attached hydrogens (tertiary/aromatic N) is 2. The predicted molar refractivity (Wildman–Crippen MR) is 70.5 cm³/mol. The molecular weight excluding hydrogens is 226 g/mol. The second-order valence-electron chi connectivity index (χ2n) is 4.63. The largest absolute Gasteiger partial charge is 0.385 e. The van der Waals surface area contributed by atoms with E-state index >= 15 is 0 Å². The highest BCUT2D eigenvalue weighted by molar-refractivity contribution is 5.69. The third-order valence-electron chi connectivity index (χ3n) is 3.27. The van der Waals surface area contributed by atoms with Crippen LogP contribution >= 0.6 is 0 Å². The van der Waals surface area contributed by atoms with Crippen LogP contribution in [0.5, 0.6) is 0 Å². The van der Waals surface area contributed by atoms with Crippen molar-refractivity contribution in [1.29, 1.82) is 0 Å². The maximum absolute atomic E-state index is 5.38. The molecule has 0 atom stereocenters. The molecular formula is C14H17N3O. The van der Waals surface area contributed by atoms with E-state index in [0.717, 1.165) is 43.6 Å². The molecule has 3 rings (SSSR count). The topological polar surface area (TPSA) is 51.0 Å². The van der Waals surface area contributed by atoms with Gasteiger partial charge in [0, 0.05) is 24.2 Å². The smallest absolute Gasteiger partial charge is 0.258 e. The normalized spacial score (nSPS) is 14.1. The van der Waals surface area contributed by atoms with Crippen LogP contribution in [0.25, 0.3) is 11.5 Å². The van der Waals surface area contributed by atoms with E-state index in [2.05, 4.69) is 34.5 Å². The van der Waals surface area contributed by atoms with Gasteiger partial charge in [0.25, 0.3) is 5.89 Å². The summed E-state index contributed by atoms with van der Waals surface area (Å²) in [6.07, 6.45) is 4.13. The van der Waals surface area contributed by atoms with E-state index in [0.29, 0.717) is 5.89 Å². The Labute approximate surface area is 106 Å². The summed E-state index contributed by atoms with van der Waals surface area (Å²) in [6.45, 7) is 3.16. The predicted octanol–water partition coefficient (Wildman–Crippen LogP) is 3.05. The summed E-state index contributed by atoms with van der Waals surface area (Å²) in [5, 5.41) is 7.44. The van der Waals surface area contributed by atoms with Crippen molar-refractivity contribution in [2.75, 3.05) is 11.9 Å². The molecule has 0 radical (unpaired) electrons. The summed E-state index contributed by atoms with van der Waals surface area (Å²) in [4.78, 5) is 4.47. The quantitative estimate of drug-likeness (QED) is 0.900. The molecule has 4 heteroatoms. The summed E-state index contributed by atoms with van der Waals surface area (Å²) in [6, 6.07) is 6.21. The number of nitrogens with one attached hydrogen (secondary N) is 1. The third-order valence-corrected chi connectivity index (χ3v) is 3.27. The molecule has 1 aliphatic rings. The molecule has 1 aromatic heterocycles. The molecule has 0 spiro atoms. The molecule has 2 heterocycles. The minimum absolute atomic E-state index is 0.652. The van der Waals surface area contributed by atoms with Gasteiger partial charge in [-0.15, -0.1) is 0 Å². The number of benzene rings is 1. The van der Waals surface area contributed by atoms with Crippen LogP contribution in [0.1, 0.15) is 31.2 Å². The summed E-state index contributed by atoms with van der Waals surface area (Å²) >= 11 is 0. The van der Waals surface area contributed by atoms with Crippen LogP contribution in [0.15, 0.2) is 22.7 Å². The lowest BCUT2D eigenvalue weighted by Crippen LogP contribution is -2.12. The van der Waals surface area contributed by atoms with E-state index in [1.807, 2.05) is 6.07 Å². The van der Waals surface area contributed by atoms with Gasteiger partial charge < -0.3 is 9.84 Å². The van der Waals surface area contributed by atoms with Gasteiger partial charge >= 0.3 is 0 Å². The second kappa shape index (κ2) is 4.80. The first kappa shape index (κ1) is 11.3. The molecule has 1 aliphatic heterocycles. The zero-order chi connectivity index (χ0) is 12.4. The fourth-order valence-corrected chi connectivity index (χ4v) is 2.40. The van der Waals surface area contributed by atoms with Gasteiger partial charge in [-0.2, -0.15) is 4.98 Å². The van der Waals surface area contributed by atoms with Crippen molar-refractivity contribution >= 4 is 5.69 Å². The number of hydrogen-bond donors (Lipinski definition) is 1. The Morgan fingerprint density at radius 3 is 3.22 bits per heavy atom. The molecule has 1 aromatic carbocycles. The lowest BCUT2D eigenvalue weighted by atomic mass is 9.97. The first-order valence-corrected chi connectivity index (χ1v) is 6.57. The van der Waals surface area contributed by atoms with Crippen molar-refractivity contribution in [3.8, 4) is 11.5 Å². The average Bonchev–Trinajstić information content (AvgIpc) is 2.87. The van der Waals surface area contributed by atoms with Crippen LogP contribution < -0.4 is 5.32 Å². The Balaban J connectivity index is 2.00. The number of hydrogen-bond acceptors (Lipinski definition) is 4. The van der Waals surface area contributed by atoms with E-state index in [1.54, 1.807) is 0 Å². The molecule has 1 N–H and O–H groups in total. The van der Waals surface area contributed by atoms with Gasteiger partial charge in [0.05, 0.1) is 0 Å². The SMILES string of the molecule is CCCc1noc(-c2cccc3c2CCCN3)n1. The molecule has 18 heavy (non-hydrogen) atoms. The average molecular weight is 243 g/mol. The van der Waals surface area contributed by atoms with Gasteiger partial charge in [-0.3, -0.25) is 0 Å². The number of aryl methyl sites for hydroxylation is 1. The zero-order valence-electron chi connectivity index (χ0n) is 10.6. The summed E-state index contributed by atoms with van der Waals surface area (Å²) in [5.41, 5.74) is 3.58. The first-order valence-electron chi connectivity index (χ1n) is 6.57. The van der Waals surface area contributed by atoms with Gasteiger partial charge in [0.15, 0.2) is 5.82 Å². The van der Waals surface area contributed by atoms with Crippen molar-refractivity contribution < 1.29 is 4.52 Å². The van der Waals surface area contributed by atoms with Crippen molar-refractivity contribution in [1.82, 2.24) is 10.1 Å². The highest BCUT2D eigenvalue weighted by atomic mass is 16.5. The van der Waals surface area contributed by atoms with Crippen LogP contribution in [0.4, 0.5) is 5.69 Å². The van der Waals surface area contributed by atoms with Crippen molar-refractivity contribution in [2.24, 2.45) is 0 Å². The maximum Gasteiger partial charge on any atom is 0.258 e. The Bertz CT molecular complexity index is 548. The molecule has 0 aliphatic carbocycles. The Morgan fingerprint density at radius 1 is 1.39 bits per heavy atom. The lowest BCUT2D eigenvalue weighted by Gasteiger charge is -2.19. The Hall–Kier alpha value is -1.84. The minimum atomic E-state index is 0.652. The molecule has 0 saturated carbocycles. The van der Waals surface area contributed by atoms with Gasteiger partial charge in [0.2, 0.25) is 0 Å². The maximum atomic E-state index is 5.38. The van der Waals surface area contributed by atoms with E-state index in [9.17, 15) is 0 Å². The lowest BCUT2D eigenvalue weighted by molar-refractivity contribution is 0.421. The van der Waals surface area contributed by atoms with E-state index in [-0.39, 0.29) is 0 Å². The fourth-order valence-electron chi connectivity index (χ4n) is 2.40. The van der Waals surface area contributed by atoms with E-state index in [4.69, 9.17) is 4.52 Å². The van der Waals surface area contributed by atoms with Crippen molar-refractivity contribution in [3.05, 3.63) is 29.6 Å². The fraction of sp³-hybridized carbons (Fsp3) is 0.429. The zero-order valence-corrected chi connectivity index (χ0v) is 10.6. The minimum Gasteiger partial charge on any atom is -0.385 e. The first-order chi connectivity index (χ1) is 8.88. The van der Waals surface area contributed by atoms with E-state index < -0.39 is 0 Å². The molecule has 0 fully saturated rings. The molecule has 0 saturated heterocycles. The van der Waals surface area contributed by atoms with Crippen LogP contribution in [-0.4, -0.2) is 16.7 Å². The van der Waals surface area contributed by atoms with Gasteiger partial charge in [-0.25, -0.2) is 0 Å². The van der Waals surface area contributed by atoms with E-state index in [1.165, 1.54) is 11.3 Å². The van der Waals surface area contributed by atoms with Gasteiger partial charge in [-0.1, -0.05) is 18.1 Å². The Kier molecular flexibility index (Phi) is 3.00. The molecule has 4 nitrogen and oxygen atoms in total. The third kappa shape index (κ3) is 1.98. The van der Waals surface area contributed by atoms with Crippen LogP contribution in [0, 0.1) is 0 Å². The van der Waals surface area contributed by atoms with Crippen LogP contribution in [0.2, 0.25) is 0 Å². The van der Waals surface area contributed by atoms with Crippen LogP contribution in [-0.2, 0) is 12.8 Å².